The van der Waals surface area contributed by atoms with E-state index in [1.165, 1.54) is 6.92 Å². The van der Waals surface area contributed by atoms with Crippen LogP contribution < -0.4 is 9.04 Å². The Morgan fingerprint density at radius 2 is 1.95 bits per heavy atom. The molecule has 0 fully saturated rings. The van der Waals surface area contributed by atoms with Crippen molar-refractivity contribution in [2.24, 2.45) is 0 Å². The van der Waals surface area contributed by atoms with E-state index in [4.69, 9.17) is 16.3 Å². The van der Waals surface area contributed by atoms with E-state index in [1.54, 1.807) is 31.2 Å². The fraction of sp³-hybridized carbons (Fsp3) is 0.417. The van der Waals surface area contributed by atoms with Crippen LogP contribution >= 0.6 is 11.6 Å². The molecule has 0 bridgehead atoms. The van der Waals surface area contributed by atoms with Gasteiger partial charge in [-0.15, -0.1) is 0 Å². The summed E-state index contributed by atoms with van der Waals surface area (Å²) in [6.45, 7) is 3.28. The number of halogens is 1. The SMILES string of the molecule is CCOc1ccccc1N(CC(=O)Cl)S(=O)(=O)CC. The highest BCUT2D eigenvalue weighted by Crippen LogP contribution is 2.30. The van der Waals surface area contributed by atoms with E-state index in [9.17, 15) is 13.2 Å². The predicted molar refractivity (Wildman–Crippen MR) is 75.3 cm³/mol. The van der Waals surface area contributed by atoms with Crippen LogP contribution in [0.3, 0.4) is 0 Å². The summed E-state index contributed by atoms with van der Waals surface area (Å²) >= 11 is 5.33. The molecule has 0 atom stereocenters. The average Bonchev–Trinajstić information content (AvgIpc) is 2.37. The zero-order chi connectivity index (χ0) is 14.5. The smallest absolute Gasteiger partial charge is 0.242 e. The molecule has 1 rings (SSSR count). The van der Waals surface area contributed by atoms with Gasteiger partial charge >= 0.3 is 0 Å². The molecule has 1 aromatic carbocycles. The Kier molecular flexibility index (Phi) is 5.62. The number of ether oxygens (including phenoxy) is 1. The van der Waals surface area contributed by atoms with Gasteiger partial charge in [0.25, 0.3) is 0 Å². The third kappa shape index (κ3) is 4.11. The molecule has 0 spiro atoms. The Bertz CT molecular complexity index is 544. The van der Waals surface area contributed by atoms with Gasteiger partial charge in [-0.05, 0) is 37.6 Å². The van der Waals surface area contributed by atoms with Crippen molar-refractivity contribution < 1.29 is 17.9 Å². The van der Waals surface area contributed by atoms with Gasteiger partial charge in [-0.1, -0.05) is 12.1 Å². The number of benzene rings is 1. The Labute approximate surface area is 118 Å². The van der Waals surface area contributed by atoms with Crippen LogP contribution in [-0.2, 0) is 14.8 Å². The molecule has 0 amide bonds. The maximum Gasteiger partial charge on any atom is 0.242 e. The Hall–Kier alpha value is -1.27. The fourth-order valence-electron chi connectivity index (χ4n) is 1.54. The van der Waals surface area contributed by atoms with Gasteiger partial charge < -0.3 is 4.74 Å². The first-order chi connectivity index (χ1) is 8.92. The van der Waals surface area contributed by atoms with Gasteiger partial charge in [0.1, 0.15) is 12.3 Å². The van der Waals surface area contributed by atoms with Gasteiger partial charge in [0, 0.05) is 0 Å². The van der Waals surface area contributed by atoms with Gasteiger partial charge in [-0.25, -0.2) is 8.42 Å². The molecule has 106 valence electrons. The number of hydrogen-bond acceptors (Lipinski definition) is 4. The summed E-state index contributed by atoms with van der Waals surface area (Å²) in [5.41, 5.74) is 0.320. The maximum atomic E-state index is 12.1. The van der Waals surface area contributed by atoms with E-state index in [0.29, 0.717) is 18.0 Å². The quantitative estimate of drug-likeness (QED) is 0.723. The second-order valence-electron chi connectivity index (χ2n) is 3.66. The molecule has 0 saturated carbocycles. The number of rotatable bonds is 7. The lowest BCUT2D eigenvalue weighted by atomic mass is 10.3. The van der Waals surface area contributed by atoms with Gasteiger partial charge in [0.2, 0.25) is 15.3 Å². The molecule has 0 heterocycles. The summed E-state index contributed by atoms with van der Waals surface area (Å²) in [5.74, 6) is 0.275. The summed E-state index contributed by atoms with van der Waals surface area (Å²) in [7, 11) is -3.60. The zero-order valence-corrected chi connectivity index (χ0v) is 12.4. The number of sulfonamides is 1. The van der Waals surface area contributed by atoms with Crippen molar-refractivity contribution in [2.75, 3.05) is 23.2 Å². The van der Waals surface area contributed by atoms with Gasteiger partial charge in [0.05, 0.1) is 18.0 Å². The molecule has 0 aliphatic heterocycles. The molecule has 0 unspecified atom stereocenters. The predicted octanol–water partition coefficient (Wildman–Crippen LogP) is 2.01. The van der Waals surface area contributed by atoms with Crippen LogP contribution in [-0.4, -0.2) is 32.6 Å². The van der Waals surface area contributed by atoms with Crippen LogP contribution in [0.5, 0.6) is 5.75 Å². The Morgan fingerprint density at radius 3 is 2.47 bits per heavy atom. The third-order valence-corrected chi connectivity index (χ3v) is 4.25. The Morgan fingerprint density at radius 1 is 1.32 bits per heavy atom. The molecule has 0 N–H and O–H groups in total. The van der Waals surface area contributed by atoms with Crippen LogP contribution in [0, 0.1) is 0 Å². The number of nitrogens with zero attached hydrogens (tertiary/aromatic N) is 1. The van der Waals surface area contributed by atoms with Crippen LogP contribution in [0.2, 0.25) is 0 Å². The molecule has 0 aliphatic carbocycles. The number of hydrogen-bond donors (Lipinski definition) is 0. The molecule has 0 radical (unpaired) electrons. The summed E-state index contributed by atoms with van der Waals surface area (Å²) in [6, 6.07) is 6.64. The highest BCUT2D eigenvalue weighted by molar-refractivity contribution is 7.92. The minimum Gasteiger partial charge on any atom is -0.492 e. The molecule has 0 aliphatic rings. The molecule has 0 aromatic heterocycles. The zero-order valence-electron chi connectivity index (χ0n) is 10.8. The van der Waals surface area contributed by atoms with E-state index in [2.05, 4.69) is 0 Å². The largest absolute Gasteiger partial charge is 0.492 e. The average molecular weight is 306 g/mol. The molecular formula is C12H16ClNO4S. The normalized spacial score (nSPS) is 11.1. The minimum atomic E-state index is -3.60. The number of carbonyl (C=O) groups excluding carboxylic acids is 1. The molecule has 19 heavy (non-hydrogen) atoms. The monoisotopic (exact) mass is 305 g/mol. The van der Waals surface area contributed by atoms with Crippen molar-refractivity contribution in [3.05, 3.63) is 24.3 Å². The molecule has 7 heteroatoms. The van der Waals surface area contributed by atoms with Crippen molar-refractivity contribution in [2.45, 2.75) is 13.8 Å². The summed E-state index contributed by atoms with van der Waals surface area (Å²) in [6.07, 6.45) is 0. The highest BCUT2D eigenvalue weighted by atomic mass is 35.5. The lowest BCUT2D eigenvalue weighted by Crippen LogP contribution is -2.35. The van der Waals surface area contributed by atoms with E-state index >= 15 is 0 Å². The van der Waals surface area contributed by atoms with Crippen molar-refractivity contribution in [1.29, 1.82) is 0 Å². The maximum absolute atomic E-state index is 12.1. The fourth-order valence-corrected chi connectivity index (χ4v) is 2.81. The summed E-state index contributed by atoms with van der Waals surface area (Å²) in [4.78, 5) is 11.1. The first-order valence-electron chi connectivity index (χ1n) is 5.83. The van der Waals surface area contributed by atoms with Crippen molar-refractivity contribution >= 4 is 32.6 Å². The first kappa shape index (κ1) is 15.8. The Balaban J connectivity index is 3.29. The second kappa shape index (κ2) is 6.77. The van der Waals surface area contributed by atoms with Crippen molar-refractivity contribution in [3.63, 3.8) is 0 Å². The van der Waals surface area contributed by atoms with Crippen LogP contribution in [0.1, 0.15) is 13.8 Å². The number of anilines is 1. The van der Waals surface area contributed by atoms with E-state index in [-0.39, 0.29) is 5.75 Å². The van der Waals surface area contributed by atoms with E-state index < -0.39 is 21.8 Å². The second-order valence-corrected chi connectivity index (χ2v) is 6.27. The van der Waals surface area contributed by atoms with Crippen LogP contribution in [0.4, 0.5) is 5.69 Å². The van der Waals surface area contributed by atoms with Gasteiger partial charge in [-0.2, -0.15) is 0 Å². The molecule has 0 saturated heterocycles. The van der Waals surface area contributed by atoms with Crippen LogP contribution in [0.25, 0.3) is 0 Å². The standard InChI is InChI=1S/C12H16ClNO4S/c1-3-18-11-8-6-5-7-10(11)14(9-12(13)15)19(16,17)4-2/h5-8H,3-4,9H2,1-2H3. The first-order valence-corrected chi connectivity index (χ1v) is 7.81. The van der Waals surface area contributed by atoms with Gasteiger partial charge in [0.15, 0.2) is 0 Å². The molecule has 5 nitrogen and oxygen atoms in total. The van der Waals surface area contributed by atoms with Crippen LogP contribution in [0.15, 0.2) is 24.3 Å². The van der Waals surface area contributed by atoms with E-state index in [1.807, 2.05) is 0 Å². The van der Waals surface area contributed by atoms with Crippen molar-refractivity contribution in [3.8, 4) is 5.75 Å². The van der Waals surface area contributed by atoms with Crippen molar-refractivity contribution in [1.82, 2.24) is 0 Å². The molecule has 1 aromatic rings. The van der Waals surface area contributed by atoms with Gasteiger partial charge in [-0.3, -0.25) is 9.10 Å². The topological polar surface area (TPSA) is 63.7 Å². The highest BCUT2D eigenvalue weighted by Gasteiger charge is 2.25. The summed E-state index contributed by atoms with van der Waals surface area (Å²) in [5, 5.41) is -0.747. The number of carbonyl (C=O) groups is 1. The van der Waals surface area contributed by atoms with E-state index in [0.717, 1.165) is 4.31 Å². The summed E-state index contributed by atoms with van der Waals surface area (Å²) < 4.78 is 30.5. The minimum absolute atomic E-state index is 0.127. The number of para-hydroxylation sites is 2. The third-order valence-electron chi connectivity index (χ3n) is 2.40. The molecular weight excluding hydrogens is 290 g/mol. The lowest BCUT2D eigenvalue weighted by Gasteiger charge is -2.24. The lowest BCUT2D eigenvalue weighted by molar-refractivity contribution is -0.110.